The van der Waals surface area contributed by atoms with Crippen molar-refractivity contribution in [2.45, 2.75) is 31.3 Å². The Kier molecular flexibility index (Phi) is 4.38. The number of nitrogens with one attached hydrogen (secondary N) is 2. The highest BCUT2D eigenvalue weighted by atomic mass is 32.2. The van der Waals surface area contributed by atoms with Crippen molar-refractivity contribution in [3.8, 4) is 0 Å². The van der Waals surface area contributed by atoms with E-state index in [0.717, 1.165) is 0 Å². The van der Waals surface area contributed by atoms with Gasteiger partial charge in [0.05, 0.1) is 4.90 Å². The SMILES string of the molecule is CC(C)(C)OC(=O)NNS(=O)(=O)c1cccc(N)c1. The summed E-state index contributed by atoms with van der Waals surface area (Å²) >= 11 is 0. The maximum Gasteiger partial charge on any atom is 0.423 e. The normalized spacial score (nSPS) is 11.9. The first-order chi connectivity index (χ1) is 8.60. The zero-order valence-corrected chi connectivity index (χ0v) is 11.7. The Morgan fingerprint density at radius 2 is 1.95 bits per heavy atom. The molecule has 7 nitrogen and oxygen atoms in total. The van der Waals surface area contributed by atoms with Gasteiger partial charge in [0.15, 0.2) is 0 Å². The van der Waals surface area contributed by atoms with Crippen molar-refractivity contribution in [2.24, 2.45) is 0 Å². The number of hydrogen-bond donors (Lipinski definition) is 3. The van der Waals surface area contributed by atoms with Gasteiger partial charge in [0.2, 0.25) is 0 Å². The lowest BCUT2D eigenvalue weighted by molar-refractivity contribution is 0.0515. The molecule has 106 valence electrons. The van der Waals surface area contributed by atoms with Crippen molar-refractivity contribution in [2.75, 3.05) is 5.73 Å². The summed E-state index contributed by atoms with van der Waals surface area (Å²) in [5, 5.41) is 0. The molecule has 1 aromatic rings. The standard InChI is InChI=1S/C11H17N3O4S/c1-11(2,3)18-10(15)13-14-19(16,17)9-6-4-5-8(12)7-9/h4-7,14H,12H2,1-3H3,(H,13,15). The zero-order chi connectivity index (χ0) is 14.7. The van der Waals surface area contributed by atoms with Crippen molar-refractivity contribution in [3.05, 3.63) is 24.3 Å². The maximum atomic E-state index is 11.8. The molecule has 1 amide bonds. The van der Waals surface area contributed by atoms with Crippen LogP contribution in [0.2, 0.25) is 0 Å². The molecule has 0 aromatic heterocycles. The number of hydrazine groups is 1. The summed E-state index contributed by atoms with van der Waals surface area (Å²) < 4.78 is 28.5. The van der Waals surface area contributed by atoms with Crippen molar-refractivity contribution in [1.29, 1.82) is 0 Å². The minimum Gasteiger partial charge on any atom is -0.443 e. The zero-order valence-electron chi connectivity index (χ0n) is 10.9. The third kappa shape index (κ3) is 5.14. The van der Waals surface area contributed by atoms with E-state index in [2.05, 4.69) is 0 Å². The van der Waals surface area contributed by atoms with Gasteiger partial charge in [0.25, 0.3) is 10.0 Å². The minimum atomic E-state index is -3.88. The molecule has 0 unspecified atom stereocenters. The fraction of sp³-hybridized carbons (Fsp3) is 0.364. The van der Waals surface area contributed by atoms with Crippen LogP contribution in [0.15, 0.2) is 29.2 Å². The molecule has 0 atom stereocenters. The third-order valence-electron chi connectivity index (χ3n) is 1.85. The Morgan fingerprint density at radius 1 is 1.32 bits per heavy atom. The number of nitrogens with two attached hydrogens (primary N) is 1. The number of ether oxygens (including phenoxy) is 1. The molecule has 0 heterocycles. The number of nitrogen functional groups attached to an aromatic ring is 1. The summed E-state index contributed by atoms with van der Waals surface area (Å²) in [6.07, 6.45) is -0.889. The Balaban J connectivity index is 2.69. The van der Waals surface area contributed by atoms with E-state index in [-0.39, 0.29) is 4.90 Å². The summed E-state index contributed by atoms with van der Waals surface area (Å²) in [7, 11) is -3.88. The van der Waals surface area contributed by atoms with Gasteiger partial charge in [-0.3, -0.25) is 0 Å². The summed E-state index contributed by atoms with van der Waals surface area (Å²) in [5.41, 5.74) is 7.04. The number of hydrogen-bond acceptors (Lipinski definition) is 5. The van der Waals surface area contributed by atoms with Gasteiger partial charge >= 0.3 is 6.09 Å². The van der Waals surface area contributed by atoms with Crippen LogP contribution in [-0.4, -0.2) is 20.1 Å². The molecule has 8 heteroatoms. The summed E-state index contributed by atoms with van der Waals surface area (Å²) in [6, 6.07) is 5.69. The number of sulfonamides is 1. The maximum absolute atomic E-state index is 11.8. The van der Waals surface area contributed by atoms with E-state index in [1.807, 2.05) is 10.3 Å². The molecule has 0 fully saturated rings. The van der Waals surface area contributed by atoms with E-state index in [1.165, 1.54) is 18.2 Å². The predicted octanol–water partition coefficient (Wildman–Crippen LogP) is 0.987. The van der Waals surface area contributed by atoms with E-state index in [0.29, 0.717) is 5.69 Å². The third-order valence-corrected chi connectivity index (χ3v) is 3.10. The van der Waals surface area contributed by atoms with Crippen LogP contribution in [0.4, 0.5) is 10.5 Å². The molecule has 0 bridgehead atoms. The Morgan fingerprint density at radius 3 is 2.47 bits per heavy atom. The minimum absolute atomic E-state index is 0.0523. The molecular weight excluding hydrogens is 270 g/mol. The predicted molar refractivity (Wildman–Crippen MR) is 70.5 cm³/mol. The highest BCUT2D eigenvalue weighted by Gasteiger charge is 2.19. The monoisotopic (exact) mass is 287 g/mol. The molecule has 19 heavy (non-hydrogen) atoms. The van der Waals surface area contributed by atoms with E-state index in [4.69, 9.17) is 10.5 Å². The van der Waals surface area contributed by atoms with Gasteiger partial charge in [-0.05, 0) is 39.0 Å². The number of rotatable bonds is 3. The molecule has 0 saturated heterocycles. The second kappa shape index (κ2) is 5.45. The van der Waals surface area contributed by atoms with Crippen LogP contribution in [-0.2, 0) is 14.8 Å². The van der Waals surface area contributed by atoms with E-state index in [9.17, 15) is 13.2 Å². The number of amides is 1. The molecule has 4 N–H and O–H groups in total. The first-order valence-corrected chi connectivity index (χ1v) is 6.95. The van der Waals surface area contributed by atoms with E-state index in [1.54, 1.807) is 26.8 Å². The smallest absolute Gasteiger partial charge is 0.423 e. The quantitative estimate of drug-likeness (QED) is 0.567. The van der Waals surface area contributed by atoms with Gasteiger partial charge in [-0.2, -0.15) is 0 Å². The fourth-order valence-electron chi connectivity index (χ4n) is 1.15. The van der Waals surface area contributed by atoms with E-state index >= 15 is 0 Å². The Hall–Kier alpha value is -1.80. The van der Waals surface area contributed by atoms with Crippen molar-refractivity contribution >= 4 is 21.8 Å². The molecule has 0 aliphatic heterocycles. The van der Waals surface area contributed by atoms with Crippen LogP contribution in [0.25, 0.3) is 0 Å². The first kappa shape index (κ1) is 15.3. The summed E-state index contributed by atoms with van der Waals surface area (Å²) in [5.74, 6) is 0. The lowest BCUT2D eigenvalue weighted by Gasteiger charge is -2.19. The van der Waals surface area contributed by atoms with Gasteiger partial charge in [0, 0.05) is 5.69 Å². The molecule has 0 spiro atoms. The molecule has 0 aliphatic rings. The second-order valence-corrected chi connectivity index (χ2v) is 6.49. The molecule has 0 saturated carbocycles. The lowest BCUT2D eigenvalue weighted by atomic mass is 10.2. The van der Waals surface area contributed by atoms with Crippen molar-refractivity contribution < 1.29 is 17.9 Å². The van der Waals surface area contributed by atoms with Crippen LogP contribution >= 0.6 is 0 Å². The highest BCUT2D eigenvalue weighted by molar-refractivity contribution is 7.89. The topological polar surface area (TPSA) is 111 Å². The van der Waals surface area contributed by atoms with Crippen LogP contribution in [0.1, 0.15) is 20.8 Å². The van der Waals surface area contributed by atoms with E-state index < -0.39 is 21.7 Å². The molecular formula is C11H17N3O4S. The molecule has 1 rings (SSSR count). The number of carbonyl (C=O) groups is 1. The fourth-order valence-corrected chi connectivity index (χ4v) is 2.04. The van der Waals surface area contributed by atoms with Gasteiger partial charge in [-0.1, -0.05) is 6.07 Å². The van der Waals surface area contributed by atoms with Gasteiger partial charge in [-0.25, -0.2) is 18.6 Å². The van der Waals surface area contributed by atoms with Crippen molar-refractivity contribution in [1.82, 2.24) is 10.3 Å². The average Bonchev–Trinajstić information content (AvgIpc) is 2.24. The molecule has 1 aromatic carbocycles. The first-order valence-electron chi connectivity index (χ1n) is 5.46. The lowest BCUT2D eigenvalue weighted by Crippen LogP contribution is -2.44. The number of anilines is 1. The Labute approximate surface area is 112 Å². The summed E-state index contributed by atoms with van der Waals surface area (Å²) in [4.78, 5) is 13.2. The van der Waals surface area contributed by atoms with Gasteiger partial charge in [-0.15, -0.1) is 4.83 Å². The second-order valence-electron chi connectivity index (χ2n) is 4.80. The van der Waals surface area contributed by atoms with Crippen LogP contribution in [0.5, 0.6) is 0 Å². The van der Waals surface area contributed by atoms with Crippen LogP contribution in [0.3, 0.4) is 0 Å². The Bertz CT molecular complexity index is 564. The number of carbonyl (C=O) groups excluding carboxylic acids is 1. The van der Waals surface area contributed by atoms with Crippen molar-refractivity contribution in [3.63, 3.8) is 0 Å². The van der Waals surface area contributed by atoms with Gasteiger partial charge in [0.1, 0.15) is 5.60 Å². The number of benzene rings is 1. The van der Waals surface area contributed by atoms with Gasteiger partial charge < -0.3 is 10.5 Å². The molecule has 0 aliphatic carbocycles. The summed E-state index contributed by atoms with van der Waals surface area (Å²) in [6.45, 7) is 5.00. The largest absolute Gasteiger partial charge is 0.443 e. The van der Waals surface area contributed by atoms with Crippen LogP contribution in [0, 0.1) is 0 Å². The highest BCUT2D eigenvalue weighted by Crippen LogP contribution is 2.12. The van der Waals surface area contributed by atoms with Crippen LogP contribution < -0.4 is 16.0 Å². The average molecular weight is 287 g/mol. The molecule has 0 radical (unpaired) electrons.